The van der Waals surface area contributed by atoms with Crippen molar-refractivity contribution < 1.29 is 4.43 Å². The van der Waals surface area contributed by atoms with Crippen LogP contribution < -0.4 is 4.43 Å². The second-order valence-corrected chi connectivity index (χ2v) is 8.84. The van der Waals surface area contributed by atoms with Crippen LogP contribution in [0.15, 0.2) is 30.6 Å². The standard InChI is InChI=1S/C11H14N2OSi/c1-15(2,3)14-11-9-6-4-5-7-10(9)12-8-13-11/h4-8H,1-3H3. The lowest BCUT2D eigenvalue weighted by atomic mass is 10.2. The number of benzene rings is 1. The minimum Gasteiger partial charge on any atom is -0.531 e. The SMILES string of the molecule is C[Si](C)(C)Oc1ncnc2ccccc12. The summed E-state index contributed by atoms with van der Waals surface area (Å²) < 4.78 is 5.90. The van der Waals surface area contributed by atoms with E-state index in [1.165, 1.54) is 0 Å². The zero-order valence-electron chi connectivity index (χ0n) is 9.19. The molecule has 3 nitrogen and oxygen atoms in total. The van der Waals surface area contributed by atoms with Crippen LogP contribution >= 0.6 is 0 Å². The average molecular weight is 218 g/mol. The topological polar surface area (TPSA) is 35.0 Å². The van der Waals surface area contributed by atoms with E-state index in [0.717, 1.165) is 10.9 Å². The number of hydrogen-bond donors (Lipinski definition) is 0. The minimum absolute atomic E-state index is 0.708. The van der Waals surface area contributed by atoms with Crippen molar-refractivity contribution in [2.45, 2.75) is 19.6 Å². The Morgan fingerprint density at radius 2 is 1.80 bits per heavy atom. The maximum absolute atomic E-state index is 5.90. The molecule has 1 aromatic heterocycles. The molecule has 0 bridgehead atoms. The highest BCUT2D eigenvalue weighted by Crippen LogP contribution is 2.22. The lowest BCUT2D eigenvalue weighted by molar-refractivity contribution is 0.540. The van der Waals surface area contributed by atoms with E-state index in [1.54, 1.807) is 6.33 Å². The van der Waals surface area contributed by atoms with Crippen LogP contribution in [0.25, 0.3) is 10.9 Å². The number of aromatic nitrogens is 2. The van der Waals surface area contributed by atoms with Gasteiger partial charge in [-0.05, 0) is 31.8 Å². The zero-order valence-corrected chi connectivity index (χ0v) is 10.2. The first-order valence-electron chi connectivity index (χ1n) is 4.95. The van der Waals surface area contributed by atoms with Gasteiger partial charge in [0.25, 0.3) is 0 Å². The molecule has 1 aromatic carbocycles. The Labute approximate surface area is 90.3 Å². The Morgan fingerprint density at radius 1 is 1.07 bits per heavy atom. The van der Waals surface area contributed by atoms with Gasteiger partial charge in [0.15, 0.2) is 0 Å². The summed E-state index contributed by atoms with van der Waals surface area (Å²) in [7, 11) is -1.61. The quantitative estimate of drug-likeness (QED) is 0.727. The van der Waals surface area contributed by atoms with Gasteiger partial charge in [0.05, 0.1) is 10.9 Å². The third-order valence-electron chi connectivity index (χ3n) is 1.91. The molecule has 0 aliphatic heterocycles. The summed E-state index contributed by atoms with van der Waals surface area (Å²) in [4.78, 5) is 8.39. The third-order valence-corrected chi connectivity index (χ3v) is 2.71. The van der Waals surface area contributed by atoms with Crippen molar-refractivity contribution in [3.63, 3.8) is 0 Å². The summed E-state index contributed by atoms with van der Waals surface area (Å²) in [6, 6.07) is 7.90. The van der Waals surface area contributed by atoms with Crippen LogP contribution in [0, 0.1) is 0 Å². The predicted octanol–water partition coefficient (Wildman–Crippen LogP) is 2.84. The average Bonchev–Trinajstić information content (AvgIpc) is 2.16. The minimum atomic E-state index is -1.61. The first-order chi connectivity index (χ1) is 7.06. The summed E-state index contributed by atoms with van der Waals surface area (Å²) in [6.45, 7) is 6.43. The third kappa shape index (κ3) is 2.33. The lowest BCUT2D eigenvalue weighted by Crippen LogP contribution is -2.29. The van der Waals surface area contributed by atoms with Crippen LogP contribution in [0.5, 0.6) is 5.88 Å². The van der Waals surface area contributed by atoms with Gasteiger partial charge in [-0.1, -0.05) is 12.1 Å². The molecule has 1 heterocycles. The van der Waals surface area contributed by atoms with Gasteiger partial charge >= 0.3 is 0 Å². The van der Waals surface area contributed by atoms with Crippen LogP contribution in [0.3, 0.4) is 0 Å². The van der Waals surface area contributed by atoms with Gasteiger partial charge in [0, 0.05) is 0 Å². The highest BCUT2D eigenvalue weighted by molar-refractivity contribution is 6.70. The van der Waals surface area contributed by atoms with Gasteiger partial charge in [-0.25, -0.2) is 9.97 Å². The summed E-state index contributed by atoms with van der Waals surface area (Å²) in [5.74, 6) is 0.708. The van der Waals surface area contributed by atoms with Gasteiger partial charge in [-0.2, -0.15) is 0 Å². The molecule has 0 saturated carbocycles. The number of rotatable bonds is 2. The molecule has 0 spiro atoms. The normalized spacial score (nSPS) is 11.7. The lowest BCUT2D eigenvalue weighted by Gasteiger charge is -2.18. The number of fused-ring (bicyclic) bond motifs is 1. The molecule has 4 heteroatoms. The Morgan fingerprint density at radius 3 is 2.53 bits per heavy atom. The smallest absolute Gasteiger partial charge is 0.244 e. The molecule has 15 heavy (non-hydrogen) atoms. The molecule has 2 aromatic rings. The summed E-state index contributed by atoms with van der Waals surface area (Å²) in [5, 5.41) is 0.988. The summed E-state index contributed by atoms with van der Waals surface area (Å²) >= 11 is 0. The molecule has 78 valence electrons. The van der Waals surface area contributed by atoms with Crippen molar-refractivity contribution in [3.05, 3.63) is 30.6 Å². The molecule has 0 amide bonds. The highest BCUT2D eigenvalue weighted by atomic mass is 28.4. The maximum atomic E-state index is 5.90. The first-order valence-corrected chi connectivity index (χ1v) is 8.36. The number of nitrogens with zero attached hydrogens (tertiary/aromatic N) is 2. The fourth-order valence-corrected chi connectivity index (χ4v) is 2.09. The van der Waals surface area contributed by atoms with E-state index in [2.05, 4.69) is 29.6 Å². The van der Waals surface area contributed by atoms with E-state index in [-0.39, 0.29) is 0 Å². The molecule has 0 saturated heterocycles. The predicted molar refractivity (Wildman–Crippen MR) is 63.5 cm³/mol. The van der Waals surface area contributed by atoms with E-state index in [9.17, 15) is 0 Å². The second kappa shape index (κ2) is 3.62. The van der Waals surface area contributed by atoms with Crippen molar-refractivity contribution >= 4 is 19.2 Å². The fraction of sp³-hybridized carbons (Fsp3) is 0.273. The van der Waals surface area contributed by atoms with Gasteiger partial charge in [0.1, 0.15) is 6.33 Å². The van der Waals surface area contributed by atoms with E-state index in [4.69, 9.17) is 4.43 Å². The van der Waals surface area contributed by atoms with Crippen molar-refractivity contribution in [2.24, 2.45) is 0 Å². The van der Waals surface area contributed by atoms with E-state index >= 15 is 0 Å². The van der Waals surface area contributed by atoms with Crippen LogP contribution in [0.2, 0.25) is 19.6 Å². The van der Waals surface area contributed by atoms with Crippen molar-refractivity contribution in [2.75, 3.05) is 0 Å². The molecular formula is C11H14N2OSi. The Hall–Kier alpha value is -1.42. The molecule has 0 atom stereocenters. The maximum Gasteiger partial charge on any atom is 0.244 e. The van der Waals surface area contributed by atoms with E-state index in [0.29, 0.717) is 5.88 Å². The monoisotopic (exact) mass is 218 g/mol. The van der Waals surface area contributed by atoms with Gasteiger partial charge < -0.3 is 4.43 Å². The summed E-state index contributed by atoms with van der Waals surface area (Å²) in [5.41, 5.74) is 0.931. The fourth-order valence-electron chi connectivity index (χ4n) is 1.35. The zero-order chi connectivity index (χ0) is 10.9. The van der Waals surface area contributed by atoms with E-state index < -0.39 is 8.32 Å². The molecule has 0 fully saturated rings. The molecule has 0 aliphatic rings. The Balaban J connectivity index is 2.52. The summed E-state index contributed by atoms with van der Waals surface area (Å²) in [6.07, 6.45) is 1.55. The second-order valence-electron chi connectivity index (χ2n) is 4.41. The van der Waals surface area contributed by atoms with Gasteiger partial charge in [0.2, 0.25) is 14.2 Å². The molecule has 0 radical (unpaired) electrons. The number of hydrogen-bond acceptors (Lipinski definition) is 3. The van der Waals surface area contributed by atoms with Crippen LogP contribution in [0.1, 0.15) is 0 Å². The molecule has 0 unspecified atom stereocenters. The van der Waals surface area contributed by atoms with Gasteiger partial charge in [-0.3, -0.25) is 0 Å². The molecule has 0 N–H and O–H groups in total. The van der Waals surface area contributed by atoms with Crippen LogP contribution in [-0.2, 0) is 0 Å². The van der Waals surface area contributed by atoms with Crippen molar-refractivity contribution in [3.8, 4) is 5.88 Å². The van der Waals surface area contributed by atoms with Crippen molar-refractivity contribution in [1.29, 1.82) is 0 Å². The Kier molecular flexibility index (Phi) is 2.44. The molecule has 0 aliphatic carbocycles. The largest absolute Gasteiger partial charge is 0.531 e. The Bertz CT molecular complexity index is 474. The van der Waals surface area contributed by atoms with E-state index in [1.807, 2.05) is 24.3 Å². The highest BCUT2D eigenvalue weighted by Gasteiger charge is 2.18. The number of para-hydroxylation sites is 1. The first kappa shape index (κ1) is 10.1. The van der Waals surface area contributed by atoms with Crippen LogP contribution in [-0.4, -0.2) is 18.3 Å². The van der Waals surface area contributed by atoms with Crippen molar-refractivity contribution in [1.82, 2.24) is 9.97 Å². The molecular weight excluding hydrogens is 204 g/mol. The molecule has 2 rings (SSSR count). The van der Waals surface area contributed by atoms with Gasteiger partial charge in [-0.15, -0.1) is 0 Å². The van der Waals surface area contributed by atoms with Crippen LogP contribution in [0.4, 0.5) is 0 Å².